The highest BCUT2D eigenvalue weighted by Gasteiger charge is 2.38. The lowest BCUT2D eigenvalue weighted by molar-refractivity contribution is -0.133. The summed E-state index contributed by atoms with van der Waals surface area (Å²) >= 11 is 0. The molecule has 0 spiro atoms. The Hall–Kier alpha value is -1.42. The van der Waals surface area contributed by atoms with Crippen molar-refractivity contribution in [3.05, 3.63) is 30.1 Å². The third kappa shape index (κ3) is 3.32. The molecule has 1 aromatic rings. The number of aromatic nitrogens is 1. The summed E-state index contributed by atoms with van der Waals surface area (Å²) in [6, 6.07) is 5.06. The second-order valence-electron chi connectivity index (χ2n) is 6.49. The lowest BCUT2D eigenvalue weighted by Gasteiger charge is -2.34. The Morgan fingerprint density at radius 3 is 2.68 bits per heavy atom. The number of pyridine rings is 1. The fraction of sp³-hybridized carbons (Fsp3) is 0.667. The summed E-state index contributed by atoms with van der Waals surface area (Å²) in [6.45, 7) is 5.51. The molecule has 2 aliphatic rings. The summed E-state index contributed by atoms with van der Waals surface area (Å²) in [5.74, 6) is 0.335. The van der Waals surface area contributed by atoms with Crippen molar-refractivity contribution in [2.45, 2.75) is 57.5 Å². The molecule has 0 bridgehead atoms. The second kappa shape index (κ2) is 7.23. The zero-order chi connectivity index (χ0) is 15.4. The first-order valence-corrected chi connectivity index (χ1v) is 8.72. The van der Waals surface area contributed by atoms with E-state index in [0.717, 1.165) is 19.5 Å². The second-order valence-corrected chi connectivity index (χ2v) is 6.49. The van der Waals surface area contributed by atoms with Gasteiger partial charge in [-0.15, -0.1) is 0 Å². The van der Waals surface area contributed by atoms with Gasteiger partial charge >= 0.3 is 0 Å². The van der Waals surface area contributed by atoms with E-state index in [1.165, 1.54) is 37.8 Å². The maximum absolute atomic E-state index is 12.7. The van der Waals surface area contributed by atoms with Crippen LogP contribution in [0.4, 0.5) is 0 Å². The van der Waals surface area contributed by atoms with Gasteiger partial charge in [0, 0.05) is 37.4 Å². The highest BCUT2D eigenvalue weighted by molar-refractivity contribution is 5.77. The minimum Gasteiger partial charge on any atom is -0.338 e. The molecule has 0 aromatic carbocycles. The van der Waals surface area contributed by atoms with Crippen molar-refractivity contribution in [3.8, 4) is 0 Å². The molecule has 0 N–H and O–H groups in total. The standard InChI is InChI=1S/C18H27N3O/c1-2-20-13-3-5-16(20)17-6-4-14-21(17)18(22)8-7-15-9-11-19-12-10-15/h9-12,16-17H,2-8,13-14H2,1H3/t16-,17+/m0/s1. The number of rotatable bonds is 5. The molecule has 2 aliphatic heterocycles. The van der Waals surface area contributed by atoms with Crippen molar-refractivity contribution in [2.24, 2.45) is 0 Å². The molecule has 1 aromatic heterocycles. The van der Waals surface area contributed by atoms with E-state index in [2.05, 4.69) is 21.7 Å². The summed E-state index contributed by atoms with van der Waals surface area (Å²) in [6.07, 6.45) is 9.95. The fourth-order valence-corrected chi connectivity index (χ4v) is 4.13. The molecule has 0 unspecified atom stereocenters. The molecule has 0 aliphatic carbocycles. The van der Waals surface area contributed by atoms with E-state index in [0.29, 0.717) is 24.4 Å². The summed E-state index contributed by atoms with van der Waals surface area (Å²) in [7, 11) is 0. The van der Waals surface area contributed by atoms with Gasteiger partial charge in [0.1, 0.15) is 0 Å². The molecule has 0 radical (unpaired) electrons. The molecule has 4 nitrogen and oxygen atoms in total. The number of hydrogen-bond donors (Lipinski definition) is 0. The molecular formula is C18H27N3O. The van der Waals surface area contributed by atoms with E-state index in [1.807, 2.05) is 12.1 Å². The first-order chi connectivity index (χ1) is 10.8. The van der Waals surface area contributed by atoms with Crippen molar-refractivity contribution in [1.29, 1.82) is 0 Å². The number of nitrogens with zero attached hydrogens (tertiary/aromatic N) is 3. The number of hydrogen-bond acceptors (Lipinski definition) is 3. The third-order valence-corrected chi connectivity index (χ3v) is 5.26. The number of aryl methyl sites for hydroxylation is 1. The van der Waals surface area contributed by atoms with E-state index in [4.69, 9.17) is 0 Å². The van der Waals surface area contributed by atoms with Gasteiger partial charge in [0.2, 0.25) is 5.91 Å². The molecule has 22 heavy (non-hydrogen) atoms. The first-order valence-electron chi connectivity index (χ1n) is 8.72. The average molecular weight is 301 g/mol. The Balaban J connectivity index is 1.59. The summed E-state index contributed by atoms with van der Waals surface area (Å²) in [5, 5.41) is 0. The molecular weight excluding hydrogens is 274 g/mol. The van der Waals surface area contributed by atoms with Crippen LogP contribution in [0, 0.1) is 0 Å². The Labute approximate surface area is 133 Å². The Morgan fingerprint density at radius 1 is 1.18 bits per heavy atom. The minimum absolute atomic E-state index is 0.335. The molecule has 4 heteroatoms. The van der Waals surface area contributed by atoms with Gasteiger partial charge in [0.05, 0.1) is 0 Å². The molecule has 2 fully saturated rings. The van der Waals surface area contributed by atoms with Gasteiger partial charge in [-0.3, -0.25) is 14.7 Å². The quantitative estimate of drug-likeness (QED) is 0.838. The summed E-state index contributed by atoms with van der Waals surface area (Å²) in [5.41, 5.74) is 1.20. The van der Waals surface area contributed by atoms with Gasteiger partial charge in [-0.25, -0.2) is 0 Å². The van der Waals surface area contributed by atoms with Gasteiger partial charge in [0.25, 0.3) is 0 Å². The summed E-state index contributed by atoms with van der Waals surface area (Å²) in [4.78, 5) is 21.5. The minimum atomic E-state index is 0.335. The van der Waals surface area contributed by atoms with Crippen LogP contribution < -0.4 is 0 Å². The zero-order valence-electron chi connectivity index (χ0n) is 13.6. The first kappa shape index (κ1) is 15.5. The van der Waals surface area contributed by atoms with Crippen LogP contribution in [0.25, 0.3) is 0 Å². The van der Waals surface area contributed by atoms with Gasteiger partial charge in [-0.05, 0) is 62.9 Å². The molecule has 1 amide bonds. The number of carbonyl (C=O) groups excluding carboxylic acids is 1. The highest BCUT2D eigenvalue weighted by atomic mass is 16.2. The fourth-order valence-electron chi connectivity index (χ4n) is 4.13. The SMILES string of the molecule is CCN1CCC[C@H]1[C@H]1CCCN1C(=O)CCc1ccncc1. The normalized spacial score (nSPS) is 25.8. The van der Waals surface area contributed by atoms with Crippen molar-refractivity contribution >= 4 is 5.91 Å². The van der Waals surface area contributed by atoms with Crippen molar-refractivity contribution in [1.82, 2.24) is 14.8 Å². The van der Waals surface area contributed by atoms with Crippen LogP contribution >= 0.6 is 0 Å². The largest absolute Gasteiger partial charge is 0.338 e. The smallest absolute Gasteiger partial charge is 0.223 e. The van der Waals surface area contributed by atoms with Crippen LogP contribution in [0.1, 0.15) is 44.6 Å². The van der Waals surface area contributed by atoms with Crippen LogP contribution in [0.15, 0.2) is 24.5 Å². The van der Waals surface area contributed by atoms with Crippen LogP contribution in [0.5, 0.6) is 0 Å². The van der Waals surface area contributed by atoms with E-state index >= 15 is 0 Å². The molecule has 2 saturated heterocycles. The van der Waals surface area contributed by atoms with Gasteiger partial charge < -0.3 is 4.90 Å². The van der Waals surface area contributed by atoms with Crippen LogP contribution in [0.3, 0.4) is 0 Å². The van der Waals surface area contributed by atoms with Gasteiger partial charge in [-0.2, -0.15) is 0 Å². The average Bonchev–Trinajstić information content (AvgIpc) is 3.21. The van der Waals surface area contributed by atoms with E-state index < -0.39 is 0 Å². The predicted octanol–water partition coefficient (Wildman–Crippen LogP) is 2.49. The third-order valence-electron chi connectivity index (χ3n) is 5.26. The van der Waals surface area contributed by atoms with E-state index in [1.54, 1.807) is 12.4 Å². The van der Waals surface area contributed by atoms with Crippen LogP contribution in [-0.2, 0) is 11.2 Å². The number of likely N-dealkylation sites (N-methyl/N-ethyl adjacent to an activating group) is 1. The molecule has 3 rings (SSSR count). The molecule has 3 heterocycles. The van der Waals surface area contributed by atoms with Gasteiger partial charge in [-0.1, -0.05) is 6.92 Å². The van der Waals surface area contributed by atoms with Crippen molar-refractivity contribution in [3.63, 3.8) is 0 Å². The molecule has 2 atom stereocenters. The lowest BCUT2D eigenvalue weighted by atomic mass is 10.0. The van der Waals surface area contributed by atoms with Gasteiger partial charge in [0.15, 0.2) is 0 Å². The van der Waals surface area contributed by atoms with E-state index in [-0.39, 0.29) is 0 Å². The Kier molecular flexibility index (Phi) is 5.08. The van der Waals surface area contributed by atoms with Crippen molar-refractivity contribution in [2.75, 3.05) is 19.6 Å². The zero-order valence-corrected chi connectivity index (χ0v) is 13.6. The topological polar surface area (TPSA) is 36.4 Å². The molecule has 0 saturated carbocycles. The van der Waals surface area contributed by atoms with Crippen LogP contribution in [0.2, 0.25) is 0 Å². The lowest BCUT2D eigenvalue weighted by Crippen LogP contribution is -2.48. The Morgan fingerprint density at radius 2 is 1.91 bits per heavy atom. The van der Waals surface area contributed by atoms with E-state index in [9.17, 15) is 4.79 Å². The predicted molar refractivity (Wildman–Crippen MR) is 87.6 cm³/mol. The number of likely N-dealkylation sites (tertiary alicyclic amines) is 2. The number of carbonyl (C=O) groups is 1. The highest BCUT2D eigenvalue weighted by Crippen LogP contribution is 2.30. The number of amides is 1. The summed E-state index contributed by atoms with van der Waals surface area (Å²) < 4.78 is 0. The monoisotopic (exact) mass is 301 g/mol. The molecule has 120 valence electrons. The Bertz CT molecular complexity index is 490. The van der Waals surface area contributed by atoms with Crippen LogP contribution in [-0.4, -0.2) is 52.4 Å². The van der Waals surface area contributed by atoms with Crippen molar-refractivity contribution < 1.29 is 4.79 Å². The maximum atomic E-state index is 12.7. The maximum Gasteiger partial charge on any atom is 0.223 e.